The van der Waals surface area contributed by atoms with Gasteiger partial charge >= 0.3 is 0 Å². The molecule has 1 amide bonds. The Bertz CT molecular complexity index is 1240. The zero-order chi connectivity index (χ0) is 22.0. The van der Waals surface area contributed by atoms with Crippen molar-refractivity contribution in [1.29, 1.82) is 0 Å². The maximum Gasteiger partial charge on any atom is 0.251 e. The molecule has 0 aliphatic carbocycles. The molecule has 0 saturated carbocycles. The number of aromatic nitrogens is 2. The average Bonchev–Trinajstić information content (AvgIpc) is 3.09. The number of pyridine rings is 1. The summed E-state index contributed by atoms with van der Waals surface area (Å²) < 4.78 is 5.18. The maximum absolute atomic E-state index is 13.0. The summed E-state index contributed by atoms with van der Waals surface area (Å²) in [5, 5.41) is 17.6. The number of nitrogens with one attached hydrogen (secondary N) is 1. The monoisotopic (exact) mass is 415 g/mol. The number of hydrogen-bond acceptors (Lipinski definition) is 5. The smallest absolute Gasteiger partial charge is 0.251 e. The van der Waals surface area contributed by atoms with E-state index in [2.05, 4.69) is 10.5 Å². The van der Waals surface area contributed by atoms with Crippen molar-refractivity contribution in [2.45, 2.75) is 40.3 Å². The van der Waals surface area contributed by atoms with E-state index in [4.69, 9.17) is 9.51 Å². The van der Waals surface area contributed by atoms with Gasteiger partial charge in [-0.2, -0.15) is 0 Å². The molecule has 31 heavy (non-hydrogen) atoms. The summed E-state index contributed by atoms with van der Waals surface area (Å²) in [5.74, 6) is 0.569. The Balaban J connectivity index is 1.64. The lowest BCUT2D eigenvalue weighted by atomic mass is 9.96. The molecule has 158 valence electrons. The predicted molar refractivity (Wildman–Crippen MR) is 119 cm³/mol. The molecule has 0 unspecified atom stereocenters. The van der Waals surface area contributed by atoms with Crippen LogP contribution in [0.25, 0.3) is 10.9 Å². The topological polar surface area (TPSA) is 88.2 Å². The number of carbonyl (C=O) groups is 1. The Morgan fingerprint density at radius 1 is 1.03 bits per heavy atom. The number of amides is 1. The largest absolute Gasteiger partial charge is 0.392 e. The van der Waals surface area contributed by atoms with Crippen molar-refractivity contribution < 1.29 is 14.4 Å². The van der Waals surface area contributed by atoms with Crippen molar-refractivity contribution in [3.05, 3.63) is 93.5 Å². The van der Waals surface area contributed by atoms with Gasteiger partial charge in [-0.05, 0) is 49.6 Å². The van der Waals surface area contributed by atoms with E-state index in [0.717, 1.165) is 44.5 Å². The second-order valence-corrected chi connectivity index (χ2v) is 7.71. The van der Waals surface area contributed by atoms with Crippen LogP contribution in [0.4, 0.5) is 0 Å². The molecule has 6 nitrogen and oxygen atoms in total. The summed E-state index contributed by atoms with van der Waals surface area (Å²) in [5.41, 5.74) is 6.81. The second-order valence-electron chi connectivity index (χ2n) is 7.71. The highest BCUT2D eigenvalue weighted by atomic mass is 16.5. The van der Waals surface area contributed by atoms with Crippen LogP contribution in [0.15, 0.2) is 53.1 Å². The van der Waals surface area contributed by atoms with Gasteiger partial charge in [0.05, 0.1) is 17.8 Å². The lowest BCUT2D eigenvalue weighted by Crippen LogP contribution is -2.24. The van der Waals surface area contributed by atoms with E-state index in [1.54, 1.807) is 0 Å². The highest BCUT2D eigenvalue weighted by Crippen LogP contribution is 2.25. The first-order chi connectivity index (χ1) is 15.0. The van der Waals surface area contributed by atoms with E-state index in [-0.39, 0.29) is 12.5 Å². The number of benzene rings is 2. The Hall–Kier alpha value is -3.51. The molecule has 0 spiro atoms. The molecule has 6 heteroatoms. The summed E-state index contributed by atoms with van der Waals surface area (Å²) >= 11 is 0. The number of aliphatic hydroxyl groups excluding tert-OH is 1. The van der Waals surface area contributed by atoms with Crippen LogP contribution in [-0.2, 0) is 19.6 Å². The van der Waals surface area contributed by atoms with Crippen molar-refractivity contribution in [3.8, 4) is 0 Å². The summed E-state index contributed by atoms with van der Waals surface area (Å²) in [7, 11) is 0. The van der Waals surface area contributed by atoms with Crippen molar-refractivity contribution in [1.82, 2.24) is 15.5 Å². The first kappa shape index (κ1) is 20.8. The lowest BCUT2D eigenvalue weighted by molar-refractivity contribution is 0.0950. The third kappa shape index (κ3) is 4.20. The van der Waals surface area contributed by atoms with Gasteiger partial charge in [-0.1, -0.05) is 41.6 Å². The zero-order valence-corrected chi connectivity index (χ0v) is 17.9. The SMILES string of the molecule is Cc1cc(CO)c2cccc(Cc3ccccc3C(=O)NCc3c(C)noc3C)c2n1. The van der Waals surface area contributed by atoms with Gasteiger partial charge in [0.1, 0.15) is 5.76 Å². The number of para-hydroxylation sites is 1. The van der Waals surface area contributed by atoms with Gasteiger partial charge in [-0.3, -0.25) is 9.78 Å². The number of hydrogen-bond donors (Lipinski definition) is 2. The Kier molecular flexibility index (Phi) is 5.82. The van der Waals surface area contributed by atoms with Gasteiger partial charge in [0.2, 0.25) is 0 Å². The minimum atomic E-state index is -0.143. The van der Waals surface area contributed by atoms with Crippen molar-refractivity contribution in [2.75, 3.05) is 0 Å². The van der Waals surface area contributed by atoms with Crippen molar-refractivity contribution >= 4 is 16.8 Å². The molecule has 2 aromatic heterocycles. The number of aliphatic hydroxyl groups is 1. The zero-order valence-electron chi connectivity index (χ0n) is 17.9. The molecule has 0 radical (unpaired) electrons. The molecule has 0 bridgehead atoms. The fraction of sp³-hybridized carbons (Fsp3) is 0.240. The standard InChI is InChI=1S/C25H25N3O3/c1-15-11-20(14-29)21-10-6-8-19(24(21)27-15)12-18-7-4-5-9-22(18)25(30)26-13-23-16(2)28-31-17(23)3/h4-11,29H,12-14H2,1-3H3,(H,26,30). The van der Waals surface area contributed by atoms with Crippen LogP contribution < -0.4 is 5.32 Å². The van der Waals surface area contributed by atoms with Crippen LogP contribution in [0.5, 0.6) is 0 Å². The van der Waals surface area contributed by atoms with Crippen LogP contribution in [-0.4, -0.2) is 21.2 Å². The molecule has 0 saturated heterocycles. The van der Waals surface area contributed by atoms with Crippen LogP contribution in [0.3, 0.4) is 0 Å². The minimum absolute atomic E-state index is 0.0377. The fourth-order valence-corrected chi connectivity index (χ4v) is 3.91. The van der Waals surface area contributed by atoms with Crippen molar-refractivity contribution in [3.63, 3.8) is 0 Å². The predicted octanol–water partition coefficient (Wildman–Crippen LogP) is 4.16. The fourth-order valence-electron chi connectivity index (χ4n) is 3.91. The molecule has 0 fully saturated rings. The minimum Gasteiger partial charge on any atom is -0.392 e. The summed E-state index contributed by atoms with van der Waals surface area (Å²) in [4.78, 5) is 17.7. The molecule has 0 aliphatic rings. The number of aryl methyl sites for hydroxylation is 3. The van der Waals surface area contributed by atoms with Gasteiger partial charge < -0.3 is 14.9 Å². The molecule has 2 aromatic carbocycles. The molecule has 4 rings (SSSR count). The molecule has 0 atom stereocenters. The van der Waals surface area contributed by atoms with E-state index in [1.165, 1.54) is 0 Å². The molecular formula is C25H25N3O3. The number of rotatable bonds is 6. The van der Waals surface area contributed by atoms with E-state index in [9.17, 15) is 9.90 Å². The van der Waals surface area contributed by atoms with Crippen LogP contribution in [0.2, 0.25) is 0 Å². The summed E-state index contributed by atoms with van der Waals surface area (Å²) in [6, 6.07) is 15.5. The van der Waals surface area contributed by atoms with Gasteiger partial charge in [-0.25, -0.2) is 0 Å². The Labute approximate surface area is 180 Å². The van der Waals surface area contributed by atoms with E-state index in [1.807, 2.05) is 69.3 Å². The highest BCUT2D eigenvalue weighted by Gasteiger charge is 2.16. The van der Waals surface area contributed by atoms with Gasteiger partial charge in [0, 0.05) is 35.2 Å². The third-order valence-electron chi connectivity index (χ3n) is 5.56. The van der Waals surface area contributed by atoms with Crippen LogP contribution in [0, 0.1) is 20.8 Å². The first-order valence-electron chi connectivity index (χ1n) is 10.2. The van der Waals surface area contributed by atoms with Crippen LogP contribution >= 0.6 is 0 Å². The third-order valence-corrected chi connectivity index (χ3v) is 5.56. The van der Waals surface area contributed by atoms with E-state index in [0.29, 0.717) is 24.3 Å². The highest BCUT2D eigenvalue weighted by molar-refractivity contribution is 5.96. The lowest BCUT2D eigenvalue weighted by Gasteiger charge is -2.13. The van der Waals surface area contributed by atoms with E-state index < -0.39 is 0 Å². The molecular weight excluding hydrogens is 390 g/mol. The quantitative estimate of drug-likeness (QED) is 0.494. The maximum atomic E-state index is 13.0. The molecule has 2 N–H and O–H groups in total. The normalized spacial score (nSPS) is 11.1. The summed E-state index contributed by atoms with van der Waals surface area (Å²) in [6.45, 7) is 5.95. The van der Waals surface area contributed by atoms with Gasteiger partial charge in [0.25, 0.3) is 5.91 Å². The average molecular weight is 415 g/mol. The van der Waals surface area contributed by atoms with Crippen LogP contribution in [0.1, 0.15) is 49.8 Å². The van der Waals surface area contributed by atoms with Crippen molar-refractivity contribution in [2.24, 2.45) is 0 Å². The number of fused-ring (bicyclic) bond motifs is 1. The second kappa shape index (κ2) is 8.70. The van der Waals surface area contributed by atoms with Gasteiger partial charge in [0.15, 0.2) is 0 Å². The molecule has 0 aliphatic heterocycles. The molecule has 2 heterocycles. The first-order valence-corrected chi connectivity index (χ1v) is 10.2. The van der Waals surface area contributed by atoms with E-state index >= 15 is 0 Å². The Morgan fingerprint density at radius 3 is 2.55 bits per heavy atom. The summed E-state index contributed by atoms with van der Waals surface area (Å²) in [6.07, 6.45) is 0.563. The number of carbonyl (C=O) groups excluding carboxylic acids is 1. The molecule has 4 aromatic rings. The number of nitrogens with zero attached hydrogens (tertiary/aromatic N) is 2. The Morgan fingerprint density at radius 2 is 1.81 bits per heavy atom. The van der Waals surface area contributed by atoms with Gasteiger partial charge in [-0.15, -0.1) is 0 Å².